The van der Waals surface area contributed by atoms with Gasteiger partial charge in [-0.15, -0.1) is 0 Å². The van der Waals surface area contributed by atoms with Crippen molar-refractivity contribution in [1.82, 2.24) is 9.19 Å². The first-order valence-corrected chi connectivity index (χ1v) is 11.4. The number of halogens is 1. The largest absolute Gasteiger partial charge is 0.283 e. The second-order valence-corrected chi connectivity index (χ2v) is 10.2. The number of hydrogen-bond donors (Lipinski definition) is 0. The van der Waals surface area contributed by atoms with Gasteiger partial charge in [-0.2, -0.15) is 17.6 Å². The van der Waals surface area contributed by atoms with Crippen molar-refractivity contribution < 1.29 is 16.8 Å². The van der Waals surface area contributed by atoms with E-state index in [9.17, 15) is 16.8 Å². The second kappa shape index (κ2) is 7.10. The van der Waals surface area contributed by atoms with E-state index in [4.69, 9.17) is 11.6 Å². The van der Waals surface area contributed by atoms with Gasteiger partial charge in [0.25, 0.3) is 10.0 Å². The van der Waals surface area contributed by atoms with Gasteiger partial charge in [-0.3, -0.25) is 0 Å². The van der Waals surface area contributed by atoms with Gasteiger partial charge in [-0.05, 0) is 50.2 Å². The molecule has 0 spiro atoms. The third-order valence-electron chi connectivity index (χ3n) is 4.18. The topological polar surface area (TPSA) is 86.1 Å². The Morgan fingerprint density at radius 1 is 0.889 bits per heavy atom. The first-order chi connectivity index (χ1) is 12.6. The average molecular weight is 425 g/mol. The molecule has 0 bridgehead atoms. The molecule has 3 aromatic rings. The van der Waals surface area contributed by atoms with Gasteiger partial charge in [0.1, 0.15) is 0 Å². The maximum atomic E-state index is 12.9. The summed E-state index contributed by atoms with van der Waals surface area (Å²) in [5.41, 5.74) is 0.989. The molecule has 0 aliphatic heterocycles. The minimum absolute atomic E-state index is 0.0231. The highest BCUT2D eigenvalue weighted by molar-refractivity contribution is 7.90. The summed E-state index contributed by atoms with van der Waals surface area (Å²) in [7, 11) is -7.58. The molecular weight excluding hydrogens is 408 g/mol. The number of benzene rings is 2. The fraction of sp³-hybridized carbons (Fsp3) is 0.167. The van der Waals surface area contributed by atoms with E-state index in [0.717, 1.165) is 4.09 Å². The Balaban J connectivity index is 2.04. The molecule has 0 radical (unpaired) electrons. The van der Waals surface area contributed by atoms with Gasteiger partial charge in [-0.1, -0.05) is 29.8 Å². The summed E-state index contributed by atoms with van der Waals surface area (Å²) in [5, 5.41) is 4.50. The number of aromatic nitrogens is 2. The molecule has 142 valence electrons. The van der Waals surface area contributed by atoms with Crippen molar-refractivity contribution in [1.29, 1.82) is 0 Å². The van der Waals surface area contributed by atoms with Crippen LogP contribution in [0.25, 0.3) is 0 Å². The molecule has 0 saturated heterocycles. The van der Waals surface area contributed by atoms with Crippen molar-refractivity contribution in [3.63, 3.8) is 0 Å². The lowest BCUT2D eigenvalue weighted by molar-refractivity contribution is 0.577. The summed E-state index contributed by atoms with van der Waals surface area (Å²) in [5.74, 6) is -0.329. The van der Waals surface area contributed by atoms with Gasteiger partial charge in [0.2, 0.25) is 0 Å². The van der Waals surface area contributed by atoms with E-state index >= 15 is 0 Å². The summed E-state index contributed by atoms with van der Waals surface area (Å²) in [6.45, 7) is 3.14. The summed E-state index contributed by atoms with van der Waals surface area (Å²) >= 11 is 5.82. The minimum Gasteiger partial charge on any atom is -0.223 e. The minimum atomic E-state index is -3.96. The molecule has 2 aromatic carbocycles. The van der Waals surface area contributed by atoms with Crippen molar-refractivity contribution in [2.75, 3.05) is 0 Å². The van der Waals surface area contributed by atoms with E-state index in [2.05, 4.69) is 5.10 Å². The van der Waals surface area contributed by atoms with Crippen LogP contribution in [-0.4, -0.2) is 26.0 Å². The summed E-state index contributed by atoms with van der Waals surface area (Å²) < 4.78 is 52.0. The molecule has 1 aromatic heterocycles. The Morgan fingerprint density at radius 2 is 1.48 bits per heavy atom. The fourth-order valence-corrected chi connectivity index (χ4v) is 5.74. The number of hydrogen-bond acceptors (Lipinski definition) is 5. The molecule has 0 amide bonds. The maximum Gasteiger partial charge on any atom is 0.283 e. The van der Waals surface area contributed by atoms with Crippen LogP contribution in [-0.2, 0) is 25.6 Å². The van der Waals surface area contributed by atoms with Crippen molar-refractivity contribution in [3.8, 4) is 0 Å². The predicted molar refractivity (Wildman–Crippen MR) is 103 cm³/mol. The number of sulfone groups is 1. The molecule has 27 heavy (non-hydrogen) atoms. The number of nitrogens with zero attached hydrogens (tertiary/aromatic N) is 2. The van der Waals surface area contributed by atoms with Gasteiger partial charge in [0.15, 0.2) is 9.84 Å². The lowest BCUT2D eigenvalue weighted by Crippen LogP contribution is -2.16. The summed E-state index contributed by atoms with van der Waals surface area (Å²) in [4.78, 5) is 0.201. The standard InChI is InChI=1S/C18H17ClN2O4S2/c1-13-18(12-26(22,23)16-6-4-3-5-7-16)14(2)21(20-13)27(24,25)17-10-8-15(19)9-11-17/h3-11H,12H2,1-2H3. The predicted octanol–water partition coefficient (Wildman–Crippen LogP) is 3.36. The number of rotatable bonds is 5. The number of aryl methyl sites for hydroxylation is 1. The molecule has 0 aliphatic rings. The third-order valence-corrected chi connectivity index (χ3v) is 7.77. The first kappa shape index (κ1) is 19.6. The Labute approximate surface area is 163 Å². The highest BCUT2D eigenvalue weighted by Crippen LogP contribution is 2.25. The zero-order valence-electron chi connectivity index (χ0n) is 14.6. The van der Waals surface area contributed by atoms with E-state index in [1.165, 1.54) is 36.4 Å². The molecule has 1 heterocycles. The Morgan fingerprint density at radius 3 is 2.07 bits per heavy atom. The van der Waals surface area contributed by atoms with Gasteiger partial charge in [-0.25, -0.2) is 8.42 Å². The monoisotopic (exact) mass is 424 g/mol. The zero-order chi connectivity index (χ0) is 19.8. The van der Waals surface area contributed by atoms with Gasteiger partial charge < -0.3 is 0 Å². The van der Waals surface area contributed by atoms with Crippen molar-refractivity contribution in [3.05, 3.63) is 76.6 Å². The molecule has 0 N–H and O–H groups in total. The molecule has 0 fully saturated rings. The van der Waals surface area contributed by atoms with E-state index in [1.54, 1.807) is 32.0 Å². The van der Waals surface area contributed by atoms with Crippen LogP contribution in [0.4, 0.5) is 0 Å². The van der Waals surface area contributed by atoms with Crippen LogP contribution >= 0.6 is 11.6 Å². The van der Waals surface area contributed by atoms with Gasteiger partial charge in [0.05, 0.1) is 26.9 Å². The first-order valence-electron chi connectivity index (χ1n) is 7.97. The van der Waals surface area contributed by atoms with E-state index < -0.39 is 19.9 Å². The molecule has 0 atom stereocenters. The molecule has 0 unspecified atom stereocenters. The van der Waals surface area contributed by atoms with Crippen molar-refractivity contribution in [2.24, 2.45) is 0 Å². The van der Waals surface area contributed by atoms with Crippen LogP contribution < -0.4 is 0 Å². The van der Waals surface area contributed by atoms with E-state index in [-0.39, 0.29) is 21.2 Å². The van der Waals surface area contributed by atoms with Crippen LogP contribution in [0, 0.1) is 13.8 Å². The quantitative estimate of drug-likeness (QED) is 0.626. The highest BCUT2D eigenvalue weighted by atomic mass is 35.5. The van der Waals surface area contributed by atoms with Crippen LogP contribution in [0.2, 0.25) is 5.02 Å². The van der Waals surface area contributed by atoms with Crippen molar-refractivity contribution in [2.45, 2.75) is 29.4 Å². The third kappa shape index (κ3) is 3.78. The van der Waals surface area contributed by atoms with Crippen molar-refractivity contribution >= 4 is 31.5 Å². The molecule has 9 heteroatoms. The van der Waals surface area contributed by atoms with Crippen LogP contribution in [0.3, 0.4) is 0 Å². The Kier molecular flexibility index (Phi) is 5.16. The normalized spacial score (nSPS) is 12.3. The van der Waals surface area contributed by atoms with Crippen LogP contribution in [0.15, 0.2) is 64.4 Å². The van der Waals surface area contributed by atoms with Crippen LogP contribution in [0.5, 0.6) is 0 Å². The van der Waals surface area contributed by atoms with Gasteiger partial charge >= 0.3 is 0 Å². The Bertz CT molecular complexity index is 1180. The summed E-state index contributed by atoms with van der Waals surface area (Å²) in [6.07, 6.45) is 0. The SMILES string of the molecule is Cc1nn(S(=O)(=O)c2ccc(Cl)cc2)c(C)c1CS(=O)(=O)c1ccccc1. The summed E-state index contributed by atoms with van der Waals surface area (Å²) in [6, 6.07) is 13.7. The highest BCUT2D eigenvalue weighted by Gasteiger charge is 2.26. The Hall–Kier alpha value is -2.16. The van der Waals surface area contributed by atoms with Gasteiger partial charge in [0, 0.05) is 10.6 Å². The lowest BCUT2D eigenvalue weighted by Gasteiger charge is -2.08. The average Bonchev–Trinajstić information content (AvgIpc) is 2.91. The molecule has 0 saturated carbocycles. The second-order valence-electron chi connectivity index (χ2n) is 6.02. The van der Waals surface area contributed by atoms with E-state index in [0.29, 0.717) is 16.3 Å². The fourth-order valence-electron chi connectivity index (χ4n) is 2.70. The molecular formula is C18H17ClN2O4S2. The lowest BCUT2D eigenvalue weighted by atomic mass is 10.2. The smallest absolute Gasteiger partial charge is 0.223 e. The van der Waals surface area contributed by atoms with E-state index in [1.807, 2.05) is 0 Å². The molecule has 0 aliphatic carbocycles. The maximum absolute atomic E-state index is 12.9. The zero-order valence-corrected chi connectivity index (χ0v) is 17.0. The molecule has 6 nitrogen and oxygen atoms in total. The van der Waals surface area contributed by atoms with Crippen LogP contribution in [0.1, 0.15) is 17.0 Å². The molecule has 3 rings (SSSR count).